The highest BCUT2D eigenvalue weighted by atomic mass is 16.6. The van der Waals surface area contributed by atoms with Crippen molar-refractivity contribution in [1.82, 2.24) is 10.1 Å². The molecule has 1 amide bonds. The molecule has 1 aromatic carbocycles. The molecule has 0 saturated carbocycles. The number of nitro benzene ring substituents is 1. The highest BCUT2D eigenvalue weighted by Gasteiger charge is 2.17. The van der Waals surface area contributed by atoms with Crippen molar-refractivity contribution in [3.63, 3.8) is 0 Å². The Kier molecular flexibility index (Phi) is 2.64. The first kappa shape index (κ1) is 11.5. The van der Waals surface area contributed by atoms with E-state index in [0.717, 1.165) is 0 Å². The fourth-order valence-electron chi connectivity index (χ4n) is 1.28. The van der Waals surface area contributed by atoms with Crippen LogP contribution in [-0.4, -0.2) is 21.0 Å². The lowest BCUT2D eigenvalue weighted by molar-refractivity contribution is -0.384. The highest BCUT2D eigenvalue weighted by molar-refractivity contribution is 5.89. The van der Waals surface area contributed by atoms with Crippen molar-refractivity contribution in [3.8, 4) is 11.5 Å². The van der Waals surface area contributed by atoms with Crippen LogP contribution in [0.2, 0.25) is 0 Å². The van der Waals surface area contributed by atoms with E-state index in [9.17, 15) is 14.9 Å². The number of amides is 1. The number of hydrogen-bond donors (Lipinski definition) is 2. The number of nitrogen functional groups attached to an aromatic ring is 1. The summed E-state index contributed by atoms with van der Waals surface area (Å²) in [5, 5.41) is 14.0. The number of non-ortho nitro benzene ring substituents is 1. The maximum absolute atomic E-state index is 10.8. The molecule has 0 unspecified atom stereocenters. The molecule has 92 valence electrons. The van der Waals surface area contributed by atoms with Crippen molar-refractivity contribution < 1.29 is 14.2 Å². The Morgan fingerprint density at radius 1 is 1.44 bits per heavy atom. The van der Waals surface area contributed by atoms with Crippen LogP contribution < -0.4 is 11.5 Å². The number of primary amides is 1. The average molecular weight is 249 g/mol. The van der Waals surface area contributed by atoms with Crippen molar-refractivity contribution in [1.29, 1.82) is 0 Å². The molecular formula is C9H7N5O4. The van der Waals surface area contributed by atoms with Crippen LogP contribution in [0, 0.1) is 10.1 Å². The van der Waals surface area contributed by atoms with Gasteiger partial charge in [-0.15, -0.1) is 0 Å². The summed E-state index contributed by atoms with van der Waals surface area (Å²) in [6, 6.07) is 3.75. The molecule has 9 nitrogen and oxygen atoms in total. The Hall–Kier alpha value is -2.97. The van der Waals surface area contributed by atoms with Crippen LogP contribution in [0.1, 0.15) is 10.6 Å². The minimum absolute atomic E-state index is 0.106. The Morgan fingerprint density at radius 2 is 2.17 bits per heavy atom. The van der Waals surface area contributed by atoms with Gasteiger partial charge in [0.1, 0.15) is 0 Å². The van der Waals surface area contributed by atoms with E-state index in [4.69, 9.17) is 16.0 Å². The summed E-state index contributed by atoms with van der Waals surface area (Å²) in [5.74, 6) is -1.30. The molecule has 18 heavy (non-hydrogen) atoms. The van der Waals surface area contributed by atoms with Crippen molar-refractivity contribution in [3.05, 3.63) is 34.1 Å². The van der Waals surface area contributed by atoms with Crippen LogP contribution >= 0.6 is 0 Å². The predicted octanol–water partition coefficient (Wildman–Crippen LogP) is 0.326. The first-order chi connectivity index (χ1) is 8.49. The monoisotopic (exact) mass is 249 g/mol. The molecule has 1 heterocycles. The number of carbonyl (C=O) groups excluding carboxylic acids is 1. The van der Waals surface area contributed by atoms with Gasteiger partial charge >= 0.3 is 0 Å². The molecule has 0 saturated heterocycles. The molecular weight excluding hydrogens is 242 g/mol. The van der Waals surface area contributed by atoms with Gasteiger partial charge in [0.2, 0.25) is 0 Å². The summed E-state index contributed by atoms with van der Waals surface area (Å²) in [7, 11) is 0. The van der Waals surface area contributed by atoms with Crippen LogP contribution in [0.25, 0.3) is 11.5 Å². The molecule has 0 spiro atoms. The SMILES string of the molecule is NC(=O)c1noc(-c2cc([N+](=O)[O-])ccc2N)n1. The second-order valence-corrected chi connectivity index (χ2v) is 3.32. The maximum Gasteiger partial charge on any atom is 0.290 e. The van der Waals surface area contributed by atoms with E-state index in [-0.39, 0.29) is 28.7 Å². The first-order valence-electron chi connectivity index (χ1n) is 4.67. The predicted molar refractivity (Wildman–Crippen MR) is 59.3 cm³/mol. The minimum Gasteiger partial charge on any atom is -0.398 e. The first-order valence-corrected chi connectivity index (χ1v) is 4.67. The Morgan fingerprint density at radius 3 is 2.72 bits per heavy atom. The van der Waals surface area contributed by atoms with Gasteiger partial charge in [-0.05, 0) is 6.07 Å². The van der Waals surface area contributed by atoms with E-state index in [0.29, 0.717) is 0 Å². The Bertz CT molecular complexity index is 636. The van der Waals surface area contributed by atoms with Gasteiger partial charge in [-0.1, -0.05) is 5.16 Å². The lowest BCUT2D eigenvalue weighted by atomic mass is 10.1. The summed E-state index contributed by atoms with van der Waals surface area (Å²) >= 11 is 0. The topological polar surface area (TPSA) is 151 Å². The fourth-order valence-corrected chi connectivity index (χ4v) is 1.28. The third kappa shape index (κ3) is 1.96. The van der Waals surface area contributed by atoms with Crippen molar-refractivity contribution >= 4 is 17.3 Å². The van der Waals surface area contributed by atoms with Crippen LogP contribution in [-0.2, 0) is 0 Å². The number of carbonyl (C=O) groups is 1. The lowest BCUT2D eigenvalue weighted by Crippen LogP contribution is -2.12. The number of aromatic nitrogens is 2. The van der Waals surface area contributed by atoms with E-state index in [1.54, 1.807) is 0 Å². The minimum atomic E-state index is -0.867. The summed E-state index contributed by atoms with van der Waals surface area (Å²) in [6.45, 7) is 0. The summed E-state index contributed by atoms with van der Waals surface area (Å²) in [5.41, 5.74) is 10.8. The number of nitrogens with two attached hydrogens (primary N) is 2. The van der Waals surface area contributed by atoms with Gasteiger partial charge in [0.25, 0.3) is 23.3 Å². The molecule has 0 radical (unpaired) electrons. The number of benzene rings is 1. The summed E-state index contributed by atoms with van der Waals surface area (Å²) < 4.78 is 4.76. The zero-order valence-corrected chi connectivity index (χ0v) is 8.86. The van der Waals surface area contributed by atoms with Crippen LogP contribution in [0.3, 0.4) is 0 Å². The van der Waals surface area contributed by atoms with Crippen LogP contribution in [0.5, 0.6) is 0 Å². The standard InChI is InChI=1S/C9H7N5O4/c10-6-2-1-4(14(16)17)3-5(6)9-12-8(7(11)15)13-18-9/h1-3H,10H2,(H2,11,15). The fraction of sp³-hybridized carbons (Fsp3) is 0. The third-order valence-corrected chi connectivity index (χ3v) is 2.12. The van der Waals surface area contributed by atoms with Gasteiger partial charge in [0.15, 0.2) is 0 Å². The molecule has 4 N–H and O–H groups in total. The number of nitrogens with zero attached hydrogens (tertiary/aromatic N) is 3. The smallest absolute Gasteiger partial charge is 0.290 e. The van der Waals surface area contributed by atoms with E-state index >= 15 is 0 Å². The number of hydrogen-bond acceptors (Lipinski definition) is 7. The molecule has 0 fully saturated rings. The molecule has 9 heteroatoms. The highest BCUT2D eigenvalue weighted by Crippen LogP contribution is 2.28. The maximum atomic E-state index is 10.8. The molecule has 0 bridgehead atoms. The van der Waals surface area contributed by atoms with E-state index < -0.39 is 10.8 Å². The van der Waals surface area contributed by atoms with E-state index in [2.05, 4.69) is 10.1 Å². The zero-order valence-electron chi connectivity index (χ0n) is 8.86. The molecule has 0 aliphatic carbocycles. The van der Waals surface area contributed by atoms with Gasteiger partial charge in [-0.2, -0.15) is 4.98 Å². The van der Waals surface area contributed by atoms with Gasteiger partial charge in [-0.25, -0.2) is 0 Å². The largest absolute Gasteiger partial charge is 0.398 e. The van der Waals surface area contributed by atoms with Gasteiger partial charge in [0, 0.05) is 17.8 Å². The second-order valence-electron chi connectivity index (χ2n) is 3.32. The number of anilines is 1. The molecule has 1 aromatic heterocycles. The lowest BCUT2D eigenvalue weighted by Gasteiger charge is -1.99. The Balaban J connectivity index is 2.51. The molecule has 2 rings (SSSR count). The van der Waals surface area contributed by atoms with E-state index in [1.807, 2.05) is 0 Å². The Labute approximate surface area is 99.5 Å². The summed E-state index contributed by atoms with van der Waals surface area (Å²) in [4.78, 5) is 24.5. The average Bonchev–Trinajstić information content (AvgIpc) is 2.78. The van der Waals surface area contributed by atoms with E-state index in [1.165, 1.54) is 18.2 Å². The van der Waals surface area contributed by atoms with Gasteiger partial charge in [-0.3, -0.25) is 14.9 Å². The van der Waals surface area contributed by atoms with Crippen molar-refractivity contribution in [2.24, 2.45) is 5.73 Å². The van der Waals surface area contributed by atoms with Crippen molar-refractivity contribution in [2.75, 3.05) is 5.73 Å². The summed E-state index contributed by atoms with van der Waals surface area (Å²) in [6.07, 6.45) is 0. The molecule has 0 aliphatic heterocycles. The number of nitro groups is 1. The quantitative estimate of drug-likeness (QED) is 0.451. The normalized spacial score (nSPS) is 10.2. The van der Waals surface area contributed by atoms with Crippen LogP contribution in [0.15, 0.2) is 22.7 Å². The van der Waals surface area contributed by atoms with Crippen LogP contribution in [0.4, 0.5) is 11.4 Å². The van der Waals surface area contributed by atoms with Gasteiger partial charge < -0.3 is 16.0 Å². The van der Waals surface area contributed by atoms with Crippen molar-refractivity contribution in [2.45, 2.75) is 0 Å². The number of rotatable bonds is 3. The third-order valence-electron chi connectivity index (χ3n) is 2.12. The van der Waals surface area contributed by atoms with Gasteiger partial charge in [0.05, 0.1) is 10.5 Å². The molecule has 0 aliphatic rings. The molecule has 0 atom stereocenters. The zero-order chi connectivity index (χ0) is 13.3. The second kappa shape index (κ2) is 4.13. The molecule has 2 aromatic rings.